The minimum absolute atomic E-state index is 0.0262. The lowest BCUT2D eigenvalue weighted by Gasteiger charge is -2.24. The predicted octanol–water partition coefficient (Wildman–Crippen LogP) is 4.26. The van der Waals surface area contributed by atoms with Crippen molar-refractivity contribution in [3.63, 3.8) is 0 Å². The summed E-state index contributed by atoms with van der Waals surface area (Å²) in [6.45, 7) is 0.528. The third-order valence-electron chi connectivity index (χ3n) is 5.13. The number of carbonyl (C=O) groups is 2. The fraction of sp³-hybridized carbons (Fsp3) is 0.208. The molecule has 0 aliphatic carbocycles. The van der Waals surface area contributed by atoms with Crippen LogP contribution >= 0.6 is 31.9 Å². The van der Waals surface area contributed by atoms with Crippen molar-refractivity contribution in [2.24, 2.45) is 5.10 Å². The molecule has 3 aromatic rings. The van der Waals surface area contributed by atoms with E-state index in [-0.39, 0.29) is 34.3 Å². The number of phenolic OH excluding ortho intramolecular Hbond substituents is 2. The van der Waals surface area contributed by atoms with Gasteiger partial charge in [0.25, 0.3) is 5.91 Å². The largest absolute Gasteiger partial charge is 0.506 e. The van der Waals surface area contributed by atoms with Crippen LogP contribution in [-0.2, 0) is 9.59 Å². The van der Waals surface area contributed by atoms with E-state index in [9.17, 15) is 19.8 Å². The van der Waals surface area contributed by atoms with Crippen LogP contribution < -0.4 is 15.6 Å². The van der Waals surface area contributed by atoms with Crippen molar-refractivity contribution >= 4 is 66.3 Å². The summed E-state index contributed by atoms with van der Waals surface area (Å²) in [5, 5.41) is 28.6. The van der Waals surface area contributed by atoms with Crippen molar-refractivity contribution in [2.45, 2.75) is 12.8 Å². The highest BCUT2D eigenvalue weighted by molar-refractivity contribution is 9.11. The second-order valence-corrected chi connectivity index (χ2v) is 9.13. The van der Waals surface area contributed by atoms with E-state index in [1.54, 1.807) is 7.05 Å². The average Bonchev–Trinajstić information content (AvgIpc) is 2.84. The molecule has 0 saturated carbocycles. The molecule has 0 spiro atoms. The number of phenols is 2. The zero-order valence-electron chi connectivity index (χ0n) is 18.4. The first-order valence-corrected chi connectivity index (χ1v) is 12.0. The minimum Gasteiger partial charge on any atom is -0.506 e. The highest BCUT2D eigenvalue weighted by atomic mass is 79.9. The number of nitrogens with zero attached hydrogens (tertiary/aromatic N) is 2. The van der Waals surface area contributed by atoms with Crippen molar-refractivity contribution in [1.29, 1.82) is 0 Å². The lowest BCUT2D eigenvalue weighted by Crippen LogP contribution is -2.36. The SMILES string of the molecule is CNC(=O)CCCN(CC(=O)N/N=C\c1cc(Br)c(O)c(Br)c1O)c1ccc2ccccc2c1. The molecule has 0 bridgehead atoms. The standard InChI is InChI=1S/C24H24Br2N4O4/c1-27-20(31)7-4-10-30(18-9-8-15-5-2-3-6-16(15)11-18)14-21(32)29-28-13-17-12-19(25)24(34)22(26)23(17)33/h2-3,5-6,8-9,11-13,33-34H,4,7,10,14H2,1H3,(H,27,31)(H,29,32)/b28-13-. The van der Waals surface area contributed by atoms with Gasteiger partial charge in [-0.3, -0.25) is 9.59 Å². The third-order valence-corrected chi connectivity index (χ3v) is 6.49. The molecule has 0 unspecified atom stereocenters. The summed E-state index contributed by atoms with van der Waals surface area (Å²) in [6, 6.07) is 15.4. The van der Waals surface area contributed by atoms with Gasteiger partial charge in [0, 0.05) is 31.3 Å². The van der Waals surface area contributed by atoms with Crippen LogP contribution in [0.2, 0.25) is 0 Å². The highest BCUT2D eigenvalue weighted by Crippen LogP contribution is 2.40. The van der Waals surface area contributed by atoms with E-state index in [1.807, 2.05) is 47.4 Å². The highest BCUT2D eigenvalue weighted by Gasteiger charge is 2.14. The van der Waals surface area contributed by atoms with Gasteiger partial charge in [-0.05, 0) is 67.3 Å². The molecule has 0 aliphatic rings. The molecule has 3 rings (SSSR count). The molecule has 4 N–H and O–H groups in total. The molecule has 10 heteroatoms. The van der Waals surface area contributed by atoms with E-state index in [0.717, 1.165) is 16.5 Å². The van der Waals surface area contributed by atoms with Crippen LogP contribution in [0, 0.1) is 0 Å². The van der Waals surface area contributed by atoms with Gasteiger partial charge in [-0.2, -0.15) is 5.10 Å². The van der Waals surface area contributed by atoms with Crippen LogP contribution in [0.5, 0.6) is 11.5 Å². The van der Waals surface area contributed by atoms with E-state index < -0.39 is 0 Å². The summed E-state index contributed by atoms with van der Waals surface area (Å²) in [4.78, 5) is 26.2. The van der Waals surface area contributed by atoms with Crippen molar-refractivity contribution in [3.8, 4) is 11.5 Å². The fourth-order valence-corrected chi connectivity index (χ4v) is 4.48. The van der Waals surface area contributed by atoms with E-state index in [0.29, 0.717) is 29.4 Å². The van der Waals surface area contributed by atoms with Gasteiger partial charge in [0.2, 0.25) is 5.91 Å². The zero-order chi connectivity index (χ0) is 24.7. The summed E-state index contributed by atoms with van der Waals surface area (Å²) >= 11 is 6.29. The van der Waals surface area contributed by atoms with Crippen LogP contribution in [0.1, 0.15) is 18.4 Å². The Balaban J connectivity index is 1.72. The number of halogens is 2. The molecule has 0 saturated heterocycles. The molecule has 0 fully saturated rings. The molecule has 0 aromatic heterocycles. The molecule has 178 valence electrons. The van der Waals surface area contributed by atoms with Gasteiger partial charge in [-0.1, -0.05) is 30.3 Å². The molecule has 8 nitrogen and oxygen atoms in total. The van der Waals surface area contributed by atoms with Gasteiger partial charge in [-0.25, -0.2) is 5.43 Å². The van der Waals surface area contributed by atoms with Gasteiger partial charge >= 0.3 is 0 Å². The van der Waals surface area contributed by atoms with Gasteiger partial charge in [0.15, 0.2) is 0 Å². The third kappa shape index (κ3) is 6.48. The van der Waals surface area contributed by atoms with Gasteiger partial charge in [0.1, 0.15) is 16.0 Å². The first kappa shape index (κ1) is 25.5. The number of rotatable bonds is 9. The number of benzene rings is 3. The fourth-order valence-electron chi connectivity index (χ4n) is 3.33. The quantitative estimate of drug-likeness (QED) is 0.219. The second-order valence-electron chi connectivity index (χ2n) is 7.48. The summed E-state index contributed by atoms with van der Waals surface area (Å²) in [5.41, 5.74) is 3.62. The minimum atomic E-state index is -0.360. The van der Waals surface area contributed by atoms with Crippen LogP contribution in [0.4, 0.5) is 5.69 Å². The number of aromatic hydroxyl groups is 2. The Hall–Kier alpha value is -3.11. The maximum atomic E-state index is 12.6. The molecule has 34 heavy (non-hydrogen) atoms. The summed E-state index contributed by atoms with van der Waals surface area (Å²) < 4.78 is 0.483. The lowest BCUT2D eigenvalue weighted by molar-refractivity contribution is -0.120. The Morgan fingerprint density at radius 1 is 1.03 bits per heavy atom. The van der Waals surface area contributed by atoms with Gasteiger partial charge in [-0.15, -0.1) is 0 Å². The number of fused-ring (bicyclic) bond motifs is 1. The van der Waals surface area contributed by atoms with Crippen LogP contribution in [0.3, 0.4) is 0 Å². The van der Waals surface area contributed by atoms with Crippen molar-refractivity contribution in [3.05, 3.63) is 63.0 Å². The molecule has 3 aromatic carbocycles. The van der Waals surface area contributed by atoms with E-state index in [4.69, 9.17) is 0 Å². The molecule has 0 aliphatic heterocycles. The smallest absolute Gasteiger partial charge is 0.259 e. The van der Waals surface area contributed by atoms with Crippen LogP contribution in [0.15, 0.2) is 62.6 Å². The lowest BCUT2D eigenvalue weighted by atomic mass is 10.1. The van der Waals surface area contributed by atoms with Crippen molar-refractivity contribution < 1.29 is 19.8 Å². The predicted molar refractivity (Wildman–Crippen MR) is 140 cm³/mol. The maximum Gasteiger partial charge on any atom is 0.259 e. The average molecular weight is 592 g/mol. The first-order chi connectivity index (χ1) is 16.3. The Bertz CT molecular complexity index is 1230. The number of anilines is 1. The number of hydrogen-bond acceptors (Lipinski definition) is 6. The van der Waals surface area contributed by atoms with E-state index in [1.165, 1.54) is 12.3 Å². The number of hydrazone groups is 1. The molecule has 0 atom stereocenters. The number of carbonyl (C=O) groups excluding carboxylic acids is 2. The van der Waals surface area contributed by atoms with Gasteiger partial charge < -0.3 is 20.4 Å². The van der Waals surface area contributed by atoms with Crippen molar-refractivity contribution in [1.82, 2.24) is 10.7 Å². The molecular weight excluding hydrogens is 568 g/mol. The summed E-state index contributed by atoms with van der Waals surface area (Å²) in [7, 11) is 1.60. The topological polar surface area (TPSA) is 114 Å². The summed E-state index contributed by atoms with van der Waals surface area (Å²) in [5.74, 6) is -0.758. The Morgan fingerprint density at radius 3 is 2.50 bits per heavy atom. The van der Waals surface area contributed by atoms with Crippen molar-refractivity contribution in [2.75, 3.05) is 25.0 Å². The monoisotopic (exact) mass is 590 g/mol. The van der Waals surface area contributed by atoms with Crippen LogP contribution in [-0.4, -0.2) is 48.4 Å². The van der Waals surface area contributed by atoms with E-state index in [2.05, 4.69) is 47.7 Å². The van der Waals surface area contributed by atoms with Crippen LogP contribution in [0.25, 0.3) is 10.8 Å². The normalized spacial score (nSPS) is 11.0. The molecule has 0 radical (unpaired) electrons. The van der Waals surface area contributed by atoms with Gasteiger partial charge in [0.05, 0.1) is 17.2 Å². The first-order valence-electron chi connectivity index (χ1n) is 10.5. The Labute approximate surface area is 213 Å². The number of nitrogens with one attached hydrogen (secondary N) is 2. The zero-order valence-corrected chi connectivity index (χ0v) is 21.6. The van der Waals surface area contributed by atoms with E-state index >= 15 is 0 Å². The summed E-state index contributed by atoms with van der Waals surface area (Å²) in [6.07, 6.45) is 2.21. The number of hydrogen-bond donors (Lipinski definition) is 4. The Kier molecular flexibility index (Phi) is 8.89. The Morgan fingerprint density at radius 2 is 1.76 bits per heavy atom. The number of amides is 2. The molecule has 0 heterocycles. The second kappa shape index (κ2) is 11.8. The maximum absolute atomic E-state index is 12.6. The molecule has 2 amide bonds. The molecular formula is C24H24Br2N4O4.